The number of rotatable bonds is 24. The van der Waals surface area contributed by atoms with Gasteiger partial charge in [0.25, 0.3) is 0 Å². The van der Waals surface area contributed by atoms with Crippen molar-refractivity contribution in [1.82, 2.24) is 0 Å². The SMILES string of the molecule is CCCCCCCCCCCCCCCCCCOC(=O)CCS(=O)(=O)CC(C)Cc1cc(C(C)(C)C)c(O)c(C(C)(C)C)c1. The Hall–Kier alpha value is -1.56. The maximum Gasteiger partial charge on any atom is 0.306 e. The summed E-state index contributed by atoms with van der Waals surface area (Å²) in [6, 6.07) is 4.04. The van der Waals surface area contributed by atoms with E-state index in [4.69, 9.17) is 4.74 Å². The molecule has 0 aliphatic rings. The Bertz CT molecular complexity index is 1030. The molecule has 0 heterocycles. The van der Waals surface area contributed by atoms with Gasteiger partial charge in [-0.3, -0.25) is 4.79 Å². The Kier molecular flexibility index (Phi) is 19.7. The number of hydrogen-bond donors (Lipinski definition) is 1. The van der Waals surface area contributed by atoms with Crippen LogP contribution >= 0.6 is 0 Å². The first-order valence-electron chi connectivity index (χ1n) is 18.3. The van der Waals surface area contributed by atoms with E-state index in [9.17, 15) is 18.3 Å². The van der Waals surface area contributed by atoms with Crippen LogP contribution in [0.5, 0.6) is 5.75 Å². The summed E-state index contributed by atoms with van der Waals surface area (Å²) in [6.07, 6.45) is 21.3. The molecule has 0 amide bonds. The number of esters is 1. The summed E-state index contributed by atoms with van der Waals surface area (Å²) >= 11 is 0. The zero-order chi connectivity index (χ0) is 33.9. The number of benzene rings is 1. The van der Waals surface area contributed by atoms with Crippen LogP contribution in [0, 0.1) is 5.92 Å². The van der Waals surface area contributed by atoms with Crippen LogP contribution in [0.1, 0.15) is 181 Å². The molecule has 6 heteroatoms. The van der Waals surface area contributed by atoms with Crippen LogP contribution in [-0.4, -0.2) is 37.6 Å². The molecule has 1 atom stereocenters. The zero-order valence-electron chi connectivity index (χ0n) is 30.6. The molecule has 0 saturated carbocycles. The molecule has 0 spiro atoms. The number of phenols is 1. The fourth-order valence-corrected chi connectivity index (χ4v) is 7.71. The average molecular weight is 651 g/mol. The molecule has 1 rings (SSSR count). The van der Waals surface area contributed by atoms with E-state index in [1.807, 2.05) is 19.1 Å². The summed E-state index contributed by atoms with van der Waals surface area (Å²) in [4.78, 5) is 12.2. The summed E-state index contributed by atoms with van der Waals surface area (Å²) in [5.41, 5.74) is 2.33. The van der Waals surface area contributed by atoms with Crippen molar-refractivity contribution in [2.75, 3.05) is 18.1 Å². The number of phenolic OH excluding ortho intramolecular Hbond substituents is 1. The normalized spacial score (nSPS) is 13.2. The van der Waals surface area contributed by atoms with E-state index >= 15 is 0 Å². The van der Waals surface area contributed by atoms with E-state index in [2.05, 4.69) is 48.5 Å². The summed E-state index contributed by atoms with van der Waals surface area (Å²) in [5.74, 6) is -0.352. The van der Waals surface area contributed by atoms with Gasteiger partial charge in [-0.25, -0.2) is 8.42 Å². The summed E-state index contributed by atoms with van der Waals surface area (Å²) < 4.78 is 31.0. The molecule has 262 valence electrons. The minimum atomic E-state index is -3.39. The first-order chi connectivity index (χ1) is 21.1. The van der Waals surface area contributed by atoms with Gasteiger partial charge < -0.3 is 9.84 Å². The maximum absolute atomic E-state index is 12.8. The van der Waals surface area contributed by atoms with Gasteiger partial charge in [0.1, 0.15) is 5.75 Å². The van der Waals surface area contributed by atoms with Crippen LogP contribution in [0.4, 0.5) is 0 Å². The van der Waals surface area contributed by atoms with Gasteiger partial charge in [0, 0.05) is 0 Å². The van der Waals surface area contributed by atoms with Crippen molar-refractivity contribution in [2.45, 2.75) is 182 Å². The summed E-state index contributed by atoms with van der Waals surface area (Å²) in [6.45, 7) is 17.0. The Morgan fingerprint density at radius 3 is 1.53 bits per heavy atom. The molecule has 0 aliphatic carbocycles. The van der Waals surface area contributed by atoms with Crippen molar-refractivity contribution < 1.29 is 23.1 Å². The van der Waals surface area contributed by atoms with Gasteiger partial charge in [0.15, 0.2) is 9.84 Å². The lowest BCUT2D eigenvalue weighted by molar-refractivity contribution is -0.143. The van der Waals surface area contributed by atoms with Crippen molar-refractivity contribution in [3.05, 3.63) is 28.8 Å². The number of carbonyl (C=O) groups is 1. The largest absolute Gasteiger partial charge is 0.507 e. The van der Waals surface area contributed by atoms with E-state index < -0.39 is 15.8 Å². The monoisotopic (exact) mass is 650 g/mol. The van der Waals surface area contributed by atoms with E-state index in [1.165, 1.54) is 83.5 Å². The Balaban J connectivity index is 2.24. The average Bonchev–Trinajstić information content (AvgIpc) is 2.93. The van der Waals surface area contributed by atoms with Gasteiger partial charge in [-0.1, -0.05) is 164 Å². The first kappa shape index (κ1) is 41.5. The fraction of sp³-hybridized carbons (Fsp3) is 0.821. The number of sulfone groups is 1. The predicted octanol–water partition coefficient (Wildman–Crippen LogP) is 10.8. The van der Waals surface area contributed by atoms with E-state index in [0.717, 1.165) is 36.0 Å². The quantitative estimate of drug-likeness (QED) is 0.0889. The minimum Gasteiger partial charge on any atom is -0.507 e. The van der Waals surface area contributed by atoms with Crippen LogP contribution in [0.2, 0.25) is 0 Å². The van der Waals surface area contributed by atoms with Crippen LogP contribution in [0.25, 0.3) is 0 Å². The van der Waals surface area contributed by atoms with Crippen molar-refractivity contribution in [3.63, 3.8) is 0 Å². The number of aromatic hydroxyl groups is 1. The highest BCUT2D eigenvalue weighted by Gasteiger charge is 2.27. The third-order valence-electron chi connectivity index (χ3n) is 8.79. The molecule has 1 aromatic carbocycles. The molecular weight excluding hydrogens is 580 g/mol. The van der Waals surface area contributed by atoms with E-state index in [-0.39, 0.29) is 34.7 Å². The fourth-order valence-electron chi connectivity index (χ4n) is 6.08. The highest BCUT2D eigenvalue weighted by molar-refractivity contribution is 7.91. The number of ether oxygens (including phenoxy) is 1. The van der Waals surface area contributed by atoms with Gasteiger partial charge in [0.05, 0.1) is 24.5 Å². The maximum atomic E-state index is 12.8. The molecule has 0 aliphatic heterocycles. The van der Waals surface area contributed by atoms with Gasteiger partial charge in [0.2, 0.25) is 0 Å². The van der Waals surface area contributed by atoms with Crippen molar-refractivity contribution in [2.24, 2.45) is 5.92 Å². The molecular formula is C39H70O5S. The molecule has 5 nitrogen and oxygen atoms in total. The topological polar surface area (TPSA) is 80.7 Å². The molecule has 0 bridgehead atoms. The second-order valence-electron chi connectivity index (χ2n) is 15.7. The third-order valence-corrected chi connectivity index (χ3v) is 10.7. The van der Waals surface area contributed by atoms with Gasteiger partial charge in [-0.15, -0.1) is 0 Å². The summed E-state index contributed by atoms with van der Waals surface area (Å²) in [7, 11) is -3.39. The van der Waals surface area contributed by atoms with Crippen LogP contribution in [0.3, 0.4) is 0 Å². The molecule has 0 fully saturated rings. The van der Waals surface area contributed by atoms with Crippen LogP contribution in [-0.2, 0) is 36.6 Å². The third kappa shape index (κ3) is 19.0. The number of hydrogen-bond acceptors (Lipinski definition) is 5. The lowest BCUT2D eigenvalue weighted by Crippen LogP contribution is -2.22. The van der Waals surface area contributed by atoms with Crippen LogP contribution < -0.4 is 0 Å². The van der Waals surface area contributed by atoms with Gasteiger partial charge in [-0.05, 0) is 46.3 Å². The Morgan fingerprint density at radius 2 is 1.13 bits per heavy atom. The second kappa shape index (κ2) is 21.3. The van der Waals surface area contributed by atoms with E-state index in [0.29, 0.717) is 18.8 Å². The molecule has 1 aromatic rings. The van der Waals surface area contributed by atoms with Gasteiger partial charge >= 0.3 is 5.97 Å². The smallest absolute Gasteiger partial charge is 0.306 e. The Morgan fingerprint density at radius 1 is 0.733 bits per heavy atom. The molecule has 45 heavy (non-hydrogen) atoms. The van der Waals surface area contributed by atoms with Gasteiger partial charge in [-0.2, -0.15) is 0 Å². The molecule has 0 saturated heterocycles. The van der Waals surface area contributed by atoms with E-state index in [1.54, 1.807) is 0 Å². The molecule has 1 N–H and O–H groups in total. The van der Waals surface area contributed by atoms with Crippen molar-refractivity contribution >= 4 is 15.8 Å². The van der Waals surface area contributed by atoms with Crippen molar-refractivity contribution in [3.8, 4) is 5.75 Å². The number of unbranched alkanes of at least 4 members (excludes halogenated alkanes) is 15. The first-order valence-corrected chi connectivity index (χ1v) is 20.1. The minimum absolute atomic E-state index is 0.0238. The lowest BCUT2D eigenvalue weighted by atomic mass is 9.77. The highest BCUT2D eigenvalue weighted by Crippen LogP contribution is 2.40. The molecule has 1 unspecified atom stereocenters. The van der Waals surface area contributed by atoms with Crippen LogP contribution in [0.15, 0.2) is 12.1 Å². The summed E-state index contributed by atoms with van der Waals surface area (Å²) in [5, 5.41) is 11.0. The standard InChI is InChI=1S/C39H70O5S/c1-9-10-11-12-13-14-15-16-17-18-19-20-21-22-23-24-26-44-36(40)25-27-45(42,43)31-32(2)28-33-29-34(38(3,4)5)37(41)35(30-33)39(6,7)8/h29-30,32,41H,9-28,31H2,1-8H3. The highest BCUT2D eigenvalue weighted by atomic mass is 32.2. The second-order valence-corrected chi connectivity index (χ2v) is 18.0. The number of carbonyl (C=O) groups excluding carboxylic acids is 1. The predicted molar refractivity (Wildman–Crippen MR) is 192 cm³/mol. The lowest BCUT2D eigenvalue weighted by Gasteiger charge is -2.28. The zero-order valence-corrected chi connectivity index (χ0v) is 31.4. The molecule has 0 aromatic heterocycles. The molecule has 0 radical (unpaired) electrons. The Labute approximate surface area is 278 Å². The van der Waals surface area contributed by atoms with Crippen molar-refractivity contribution in [1.29, 1.82) is 0 Å².